The number of benzene rings is 8. The van der Waals surface area contributed by atoms with Gasteiger partial charge >= 0.3 is 17.9 Å². The quantitative estimate of drug-likeness (QED) is 0.0532. The molecule has 0 aromatic heterocycles. The smallest absolute Gasteiger partial charge is 0.306 e. The molecule has 8 aromatic carbocycles. The van der Waals surface area contributed by atoms with Gasteiger partial charge < -0.3 is 62.3 Å². The number of carbonyl (C=O) groups is 3. The molecule has 0 spiro atoms. The second-order valence-corrected chi connectivity index (χ2v) is 27.2. The van der Waals surface area contributed by atoms with Crippen molar-refractivity contribution >= 4 is 33.8 Å². The van der Waals surface area contributed by atoms with Gasteiger partial charge in [-0.15, -0.1) is 0 Å². The van der Waals surface area contributed by atoms with E-state index in [1.807, 2.05) is 42.5 Å². The van der Waals surface area contributed by atoms with E-state index in [0.29, 0.717) is 156 Å². The van der Waals surface area contributed by atoms with Crippen molar-refractivity contribution in [2.45, 2.75) is 133 Å². The highest BCUT2D eigenvalue weighted by Gasteiger charge is 2.37. The van der Waals surface area contributed by atoms with Crippen LogP contribution in [-0.4, -0.2) is 74.9 Å². The summed E-state index contributed by atoms with van der Waals surface area (Å²) in [5.41, 5.74) is 7.24. The maximum absolute atomic E-state index is 15.2. The molecule has 0 amide bonds. The maximum Gasteiger partial charge on any atom is 0.306 e. The van der Waals surface area contributed by atoms with Crippen LogP contribution in [-0.2, 0) is 54.3 Å². The Bertz CT molecular complexity index is 4600. The first-order chi connectivity index (χ1) is 49.2. The van der Waals surface area contributed by atoms with Gasteiger partial charge in [0, 0.05) is 90.5 Å². The van der Waals surface area contributed by atoms with Crippen molar-refractivity contribution in [3.05, 3.63) is 216 Å². The van der Waals surface area contributed by atoms with Crippen LogP contribution in [0.1, 0.15) is 168 Å². The molecule has 8 aromatic rings. The molecule has 14 rings (SSSR count). The number of esters is 3. The lowest BCUT2D eigenvalue weighted by Crippen LogP contribution is -2.18. The van der Waals surface area contributed by atoms with Crippen molar-refractivity contribution in [3.63, 3.8) is 0 Å². The number of ether oxygens (including phenoxy) is 11. The molecular formula is C80H74BrF3N2O16. The molecule has 22 heteroatoms. The Balaban J connectivity index is 0.000000148. The molecule has 18 nitrogen and oxygen atoms in total. The minimum Gasteiger partial charge on any atom is -0.508 e. The van der Waals surface area contributed by atoms with Gasteiger partial charge in [-0.2, -0.15) is 10.5 Å². The second-order valence-electron chi connectivity index (χ2n) is 26.3. The molecule has 2 N–H and O–H groups in total. The third-order valence-electron chi connectivity index (χ3n) is 19.0. The Labute approximate surface area is 596 Å². The van der Waals surface area contributed by atoms with E-state index in [-0.39, 0.29) is 78.1 Å². The molecule has 3 heterocycles. The number of carbonyl (C=O) groups excluding carboxylic acids is 3. The van der Waals surface area contributed by atoms with E-state index in [1.54, 1.807) is 74.5 Å². The van der Waals surface area contributed by atoms with E-state index >= 15 is 4.39 Å². The standard InChI is InChI=1S/C33H34FNO6.C27H21BrFNO5.C20H19FO5/c1-33(2,37)14-4-5-20-6-7-21(18-35)29(15-20)41-27-13-11-26(34)32-25(27)10-12-28(32)40-23-8-9-24-22(16-31(36)38-3)19-39-30(24)17-23;1-32-26(31)10-16-14-33-25-12-18(4-5-19(16)25)34-23-8-6-20-22(9-7-21(29)27(20)23)35-24-11-17(28)3-2-15(24)13-30;1-24-19(23)8-11-10-25-18-9-12(2-3-13(11)18)26-17-7-4-14-16(22)6-5-15(21)20(14)17/h6-9,11,13,15,17,22,28,37H,4-5,10,12,14,16,19H2,1-3H3;2-5,7,9,11-12,16,23H,6,8,10,14H2,1H3;2-3,5-6,9,11,17,22H,4,7-8,10H2,1H3/t22-,28-;16-,23-;11-,17-/m111/s1. The first-order valence-electron chi connectivity index (χ1n) is 33.6. The monoisotopic (exact) mass is 1450 g/mol. The van der Waals surface area contributed by atoms with E-state index < -0.39 is 23.9 Å². The number of fused-ring (bicyclic) bond motifs is 6. The lowest BCUT2D eigenvalue weighted by atomic mass is 9.98. The Morgan fingerprint density at radius 1 is 0.520 bits per heavy atom. The summed E-state index contributed by atoms with van der Waals surface area (Å²) < 4.78 is 107. The molecule has 3 aliphatic carbocycles. The van der Waals surface area contributed by atoms with Gasteiger partial charge in [-0.25, -0.2) is 13.2 Å². The van der Waals surface area contributed by atoms with E-state index in [0.717, 1.165) is 50.7 Å². The first kappa shape index (κ1) is 71.4. The average Bonchev–Trinajstić information content (AvgIpc) is 1.61. The summed E-state index contributed by atoms with van der Waals surface area (Å²) in [6.45, 7) is 4.78. The molecule has 0 saturated carbocycles. The fraction of sp³-hybridized carbons (Fsp3) is 0.338. The van der Waals surface area contributed by atoms with Gasteiger partial charge in [-0.1, -0.05) is 40.2 Å². The summed E-state index contributed by atoms with van der Waals surface area (Å²) >= 11 is 3.40. The minimum absolute atomic E-state index is 0.0342. The SMILES string of the molecule is COC(=O)C[C@@H]1COc2cc(O[C@@H]3CCc4c(O)ccc(F)c43)ccc21.COC(=O)C[C@@H]1COc2cc(O[C@@H]3CCc4c(Oc5cc(Br)ccc5C#N)ccc(F)c43)ccc21.COC(=O)C[C@@H]1COc2cc(O[C@@H]3CCc4c(Oc5cc(CCCC(C)(C)O)ccc5C#N)ccc(F)c43)ccc21. The molecule has 6 aliphatic rings. The number of aromatic hydroxyl groups is 1. The molecule has 0 saturated heterocycles. The summed E-state index contributed by atoms with van der Waals surface area (Å²) in [4.78, 5) is 34.9. The summed E-state index contributed by atoms with van der Waals surface area (Å²) in [6, 6.07) is 39.9. The van der Waals surface area contributed by atoms with Gasteiger partial charge in [-0.05, 0) is 162 Å². The van der Waals surface area contributed by atoms with Crippen LogP contribution in [0, 0.1) is 40.1 Å². The lowest BCUT2D eigenvalue weighted by Gasteiger charge is -2.18. The first-order valence-corrected chi connectivity index (χ1v) is 34.4. The van der Waals surface area contributed by atoms with Gasteiger partial charge in [0.2, 0.25) is 0 Å². The molecule has 0 fully saturated rings. The van der Waals surface area contributed by atoms with Gasteiger partial charge in [0.25, 0.3) is 0 Å². The van der Waals surface area contributed by atoms with Gasteiger partial charge in [0.15, 0.2) is 0 Å². The number of nitriles is 2. The zero-order chi connectivity index (χ0) is 71.9. The normalized spacial score (nSPS) is 18.2. The van der Waals surface area contributed by atoms with Crippen molar-refractivity contribution < 1.29 is 89.9 Å². The minimum atomic E-state index is -0.737. The molecule has 0 unspecified atom stereocenters. The maximum atomic E-state index is 15.2. The van der Waals surface area contributed by atoms with Crippen LogP contribution in [0.4, 0.5) is 13.2 Å². The zero-order valence-corrected chi connectivity index (χ0v) is 58.3. The zero-order valence-electron chi connectivity index (χ0n) is 56.7. The van der Waals surface area contributed by atoms with Gasteiger partial charge in [-0.3, -0.25) is 14.4 Å². The van der Waals surface area contributed by atoms with E-state index in [1.165, 1.54) is 45.6 Å². The highest BCUT2D eigenvalue weighted by atomic mass is 79.9. The van der Waals surface area contributed by atoms with Crippen molar-refractivity contribution in [1.82, 2.24) is 0 Å². The lowest BCUT2D eigenvalue weighted by molar-refractivity contribution is -0.142. The predicted molar refractivity (Wildman–Crippen MR) is 369 cm³/mol. The average molecular weight is 1460 g/mol. The summed E-state index contributed by atoms with van der Waals surface area (Å²) in [5.74, 6) is 3.48. The number of rotatable bonds is 20. The molecule has 6 atom stereocenters. The van der Waals surface area contributed by atoms with Crippen molar-refractivity contribution in [2.24, 2.45) is 0 Å². The Kier molecular flexibility index (Phi) is 21.9. The van der Waals surface area contributed by atoms with Crippen LogP contribution in [0.2, 0.25) is 0 Å². The van der Waals surface area contributed by atoms with Crippen LogP contribution in [0.3, 0.4) is 0 Å². The summed E-state index contributed by atoms with van der Waals surface area (Å²) in [5, 5.41) is 39.0. The number of aryl methyl sites for hydroxylation is 1. The number of phenols is 1. The number of hydrogen-bond acceptors (Lipinski definition) is 18. The van der Waals surface area contributed by atoms with E-state index in [9.17, 15) is 43.9 Å². The molecular weight excluding hydrogens is 1380 g/mol. The molecule has 528 valence electrons. The second kappa shape index (κ2) is 31.2. The number of hydrogen-bond donors (Lipinski definition) is 2. The highest BCUT2D eigenvalue weighted by molar-refractivity contribution is 9.10. The third-order valence-corrected chi connectivity index (χ3v) is 19.5. The fourth-order valence-corrected chi connectivity index (χ4v) is 14.2. The third kappa shape index (κ3) is 16.2. The van der Waals surface area contributed by atoms with E-state index in [4.69, 9.17) is 52.1 Å². The van der Waals surface area contributed by atoms with Gasteiger partial charge in [0.1, 0.15) is 111 Å². The molecule has 0 radical (unpaired) electrons. The Morgan fingerprint density at radius 3 is 1.32 bits per heavy atom. The summed E-state index contributed by atoms with van der Waals surface area (Å²) in [6.07, 6.45) is 4.96. The topological polar surface area (TPSA) is 241 Å². The molecule has 0 bridgehead atoms. The number of nitrogens with zero attached hydrogens (tertiary/aromatic N) is 2. The summed E-state index contributed by atoms with van der Waals surface area (Å²) in [7, 11) is 4.10. The van der Waals surface area contributed by atoms with Crippen molar-refractivity contribution in [1.29, 1.82) is 10.5 Å². The van der Waals surface area contributed by atoms with Crippen LogP contribution in [0.25, 0.3) is 0 Å². The predicted octanol–water partition coefficient (Wildman–Crippen LogP) is 16.7. The number of phenolic OH excluding ortho intramolecular Hbond substituents is 1. The van der Waals surface area contributed by atoms with Crippen LogP contribution in [0.5, 0.6) is 63.2 Å². The van der Waals surface area contributed by atoms with Crippen molar-refractivity contribution in [2.75, 3.05) is 41.2 Å². The molecule has 102 heavy (non-hydrogen) atoms. The van der Waals surface area contributed by atoms with Crippen molar-refractivity contribution in [3.8, 4) is 75.4 Å². The van der Waals surface area contributed by atoms with Crippen LogP contribution in [0.15, 0.2) is 132 Å². The highest BCUT2D eigenvalue weighted by Crippen LogP contribution is 2.49. The largest absolute Gasteiger partial charge is 0.508 e. The van der Waals surface area contributed by atoms with Gasteiger partial charge in [0.05, 0.1) is 77.1 Å². The van der Waals surface area contributed by atoms with E-state index in [2.05, 4.69) is 28.1 Å². The number of halogens is 4. The number of aliphatic hydroxyl groups is 1. The van der Waals surface area contributed by atoms with Crippen LogP contribution >= 0.6 is 15.9 Å². The fourth-order valence-electron chi connectivity index (χ4n) is 13.9. The Morgan fingerprint density at radius 2 is 0.912 bits per heavy atom. The molecule has 3 aliphatic heterocycles. The Hall–Kier alpha value is -10.4. The van der Waals surface area contributed by atoms with Crippen LogP contribution < -0.4 is 37.9 Å². The number of methoxy groups -OCH3 is 3.